The molecule has 1 aromatic carbocycles. The number of nitro benzene ring substituents is 1. The van der Waals surface area contributed by atoms with E-state index in [1.54, 1.807) is 23.5 Å². The number of nitro groups is 1. The molecule has 2 N–H and O–H groups in total. The van der Waals surface area contributed by atoms with Gasteiger partial charge < -0.3 is 10.6 Å². The summed E-state index contributed by atoms with van der Waals surface area (Å²) in [6.45, 7) is 2.02. The first-order chi connectivity index (χ1) is 9.56. The molecule has 1 aromatic heterocycles. The van der Waals surface area contributed by atoms with Gasteiger partial charge in [0.1, 0.15) is 0 Å². The lowest BCUT2D eigenvalue weighted by Gasteiger charge is -2.15. The number of benzene rings is 1. The lowest BCUT2D eigenvalue weighted by molar-refractivity contribution is -0.384. The second kappa shape index (κ2) is 6.44. The molecule has 0 amide bonds. The van der Waals surface area contributed by atoms with Crippen LogP contribution in [0.1, 0.15) is 17.8 Å². The molecule has 5 nitrogen and oxygen atoms in total. The Hall–Kier alpha value is -1.99. The third kappa shape index (κ3) is 3.75. The topological polar surface area (TPSA) is 67.2 Å². The van der Waals surface area contributed by atoms with Crippen molar-refractivity contribution in [3.8, 4) is 0 Å². The van der Waals surface area contributed by atoms with Gasteiger partial charge in [-0.15, -0.1) is 11.3 Å². The van der Waals surface area contributed by atoms with Crippen molar-refractivity contribution in [3.63, 3.8) is 0 Å². The Kier molecular flexibility index (Phi) is 4.65. The zero-order valence-electron chi connectivity index (χ0n) is 10.7. The number of non-ortho nitro benzene ring substituents is 1. The van der Waals surface area contributed by atoms with Crippen LogP contribution >= 0.6 is 23.6 Å². The summed E-state index contributed by atoms with van der Waals surface area (Å²) >= 11 is 6.88. The van der Waals surface area contributed by atoms with E-state index in [1.807, 2.05) is 24.4 Å². The fraction of sp³-hybridized carbons (Fsp3) is 0.154. The second-order valence-corrected chi connectivity index (χ2v) is 5.53. The molecule has 1 atom stereocenters. The quantitative estimate of drug-likeness (QED) is 0.512. The maximum Gasteiger partial charge on any atom is 0.269 e. The third-order valence-electron chi connectivity index (χ3n) is 2.65. The van der Waals surface area contributed by atoms with Crippen molar-refractivity contribution >= 4 is 40.0 Å². The molecule has 104 valence electrons. The molecular weight excluding hydrogens is 294 g/mol. The number of nitrogens with zero attached hydrogens (tertiary/aromatic N) is 1. The molecule has 7 heteroatoms. The van der Waals surface area contributed by atoms with Crippen molar-refractivity contribution in [1.29, 1.82) is 0 Å². The van der Waals surface area contributed by atoms with Crippen LogP contribution in [0, 0.1) is 10.1 Å². The Morgan fingerprint density at radius 1 is 1.35 bits per heavy atom. The minimum absolute atomic E-state index is 0.0568. The highest BCUT2D eigenvalue weighted by atomic mass is 32.1. The van der Waals surface area contributed by atoms with Gasteiger partial charge in [0.05, 0.1) is 11.0 Å². The predicted octanol–water partition coefficient (Wildman–Crippen LogP) is 3.70. The van der Waals surface area contributed by atoms with E-state index in [2.05, 4.69) is 10.6 Å². The van der Waals surface area contributed by atoms with Gasteiger partial charge >= 0.3 is 0 Å². The minimum atomic E-state index is -0.431. The molecule has 2 rings (SSSR count). The van der Waals surface area contributed by atoms with Crippen LogP contribution in [0.5, 0.6) is 0 Å². The molecule has 0 saturated carbocycles. The van der Waals surface area contributed by atoms with E-state index in [0.717, 1.165) is 0 Å². The normalized spacial score (nSPS) is 11.7. The van der Waals surface area contributed by atoms with Gasteiger partial charge in [-0.3, -0.25) is 10.1 Å². The molecule has 0 unspecified atom stereocenters. The van der Waals surface area contributed by atoms with Crippen molar-refractivity contribution in [3.05, 3.63) is 56.8 Å². The van der Waals surface area contributed by atoms with Crippen LogP contribution < -0.4 is 10.6 Å². The fourth-order valence-corrected chi connectivity index (χ4v) is 2.67. The van der Waals surface area contributed by atoms with Gasteiger partial charge in [0.2, 0.25) is 0 Å². The van der Waals surface area contributed by atoms with Crippen LogP contribution in [0.3, 0.4) is 0 Å². The van der Waals surface area contributed by atoms with E-state index in [0.29, 0.717) is 10.8 Å². The van der Waals surface area contributed by atoms with Gasteiger partial charge in [0.25, 0.3) is 5.69 Å². The maximum absolute atomic E-state index is 10.6. The summed E-state index contributed by atoms with van der Waals surface area (Å²) in [4.78, 5) is 11.3. The highest BCUT2D eigenvalue weighted by molar-refractivity contribution is 7.80. The summed E-state index contributed by atoms with van der Waals surface area (Å²) in [6.07, 6.45) is 0. The van der Waals surface area contributed by atoms with E-state index < -0.39 is 4.92 Å². The largest absolute Gasteiger partial charge is 0.355 e. The van der Waals surface area contributed by atoms with Crippen LogP contribution in [-0.2, 0) is 0 Å². The molecule has 1 heterocycles. The highest BCUT2D eigenvalue weighted by Crippen LogP contribution is 2.19. The Labute approximate surface area is 125 Å². The predicted molar refractivity (Wildman–Crippen MR) is 85.2 cm³/mol. The average molecular weight is 307 g/mol. The number of thiocarbonyl (C=S) groups is 1. The van der Waals surface area contributed by atoms with E-state index >= 15 is 0 Å². The van der Waals surface area contributed by atoms with Gasteiger partial charge in [-0.25, -0.2) is 0 Å². The van der Waals surface area contributed by atoms with E-state index in [-0.39, 0.29) is 11.7 Å². The Morgan fingerprint density at radius 3 is 2.60 bits per heavy atom. The summed E-state index contributed by atoms with van der Waals surface area (Å²) in [5, 5.41) is 19.2. The zero-order valence-corrected chi connectivity index (χ0v) is 12.3. The van der Waals surface area contributed by atoms with Crippen molar-refractivity contribution in [2.75, 3.05) is 5.32 Å². The minimum Gasteiger partial charge on any atom is -0.355 e. The van der Waals surface area contributed by atoms with Crippen molar-refractivity contribution in [1.82, 2.24) is 5.32 Å². The Morgan fingerprint density at radius 2 is 2.05 bits per heavy atom. The first-order valence-electron chi connectivity index (χ1n) is 5.91. The SMILES string of the molecule is C[C@H](NC(=S)Nc1ccc([N+](=O)[O-])cc1)c1cccs1. The van der Waals surface area contributed by atoms with Crippen molar-refractivity contribution < 1.29 is 4.92 Å². The van der Waals surface area contributed by atoms with Crippen LogP contribution in [0.25, 0.3) is 0 Å². The standard InChI is InChI=1S/C13H13N3O2S2/c1-9(12-3-2-8-20-12)14-13(19)15-10-4-6-11(7-5-10)16(17)18/h2-9H,1H3,(H2,14,15,19)/t9-/m0/s1. The molecule has 0 aliphatic rings. The molecule has 0 saturated heterocycles. The molecule has 0 radical (unpaired) electrons. The number of nitrogens with one attached hydrogen (secondary N) is 2. The first-order valence-corrected chi connectivity index (χ1v) is 7.20. The average Bonchev–Trinajstić information content (AvgIpc) is 2.93. The third-order valence-corrected chi connectivity index (χ3v) is 3.93. The van der Waals surface area contributed by atoms with Gasteiger partial charge in [0.15, 0.2) is 5.11 Å². The molecule has 0 spiro atoms. The summed E-state index contributed by atoms with van der Waals surface area (Å²) < 4.78 is 0. The lowest BCUT2D eigenvalue weighted by atomic mass is 10.3. The number of hydrogen-bond donors (Lipinski definition) is 2. The van der Waals surface area contributed by atoms with Gasteiger partial charge in [-0.05, 0) is 42.7 Å². The first kappa shape index (κ1) is 14.4. The molecule has 0 fully saturated rings. The highest BCUT2D eigenvalue weighted by Gasteiger charge is 2.08. The lowest BCUT2D eigenvalue weighted by Crippen LogP contribution is -2.30. The Balaban J connectivity index is 1.92. The number of thiophene rings is 1. The summed E-state index contributed by atoms with van der Waals surface area (Å²) in [5.41, 5.74) is 0.771. The number of hydrogen-bond acceptors (Lipinski definition) is 4. The summed E-state index contributed by atoms with van der Waals surface area (Å²) in [6, 6.07) is 10.3. The van der Waals surface area contributed by atoms with Crippen LogP contribution in [0.15, 0.2) is 41.8 Å². The van der Waals surface area contributed by atoms with Gasteiger partial charge in [-0.2, -0.15) is 0 Å². The molecule has 0 bridgehead atoms. The summed E-state index contributed by atoms with van der Waals surface area (Å²) in [7, 11) is 0. The monoisotopic (exact) mass is 307 g/mol. The maximum atomic E-state index is 10.6. The van der Waals surface area contributed by atoms with E-state index in [1.165, 1.54) is 17.0 Å². The van der Waals surface area contributed by atoms with Crippen LogP contribution in [0.4, 0.5) is 11.4 Å². The molecular formula is C13H13N3O2S2. The van der Waals surface area contributed by atoms with Crippen LogP contribution in [0.2, 0.25) is 0 Å². The molecule has 0 aliphatic carbocycles. The van der Waals surface area contributed by atoms with Crippen LogP contribution in [-0.4, -0.2) is 10.0 Å². The number of rotatable bonds is 4. The van der Waals surface area contributed by atoms with Crippen molar-refractivity contribution in [2.45, 2.75) is 13.0 Å². The molecule has 2 aromatic rings. The fourth-order valence-electron chi connectivity index (χ4n) is 1.64. The second-order valence-electron chi connectivity index (χ2n) is 4.14. The van der Waals surface area contributed by atoms with E-state index in [9.17, 15) is 10.1 Å². The zero-order chi connectivity index (χ0) is 14.5. The summed E-state index contributed by atoms with van der Waals surface area (Å²) in [5.74, 6) is 0. The van der Waals surface area contributed by atoms with Crippen molar-refractivity contribution in [2.24, 2.45) is 0 Å². The number of anilines is 1. The van der Waals surface area contributed by atoms with Gasteiger partial charge in [-0.1, -0.05) is 6.07 Å². The van der Waals surface area contributed by atoms with E-state index in [4.69, 9.17) is 12.2 Å². The smallest absolute Gasteiger partial charge is 0.269 e. The van der Waals surface area contributed by atoms with Gasteiger partial charge in [0, 0.05) is 22.7 Å². The molecule has 20 heavy (non-hydrogen) atoms. The Bertz CT molecular complexity index is 597. The molecule has 0 aliphatic heterocycles.